The largest absolute Gasteiger partial charge is 0.336 e. The van der Waals surface area contributed by atoms with E-state index in [-0.39, 0.29) is 5.91 Å². The van der Waals surface area contributed by atoms with E-state index in [4.69, 9.17) is 9.97 Å². The SMILES string of the molecule is CCc1ccc(NC(=O)CSc2nc(N3CCc4ccccc4C3)nc3ccccc23)cc1. The fourth-order valence-electron chi connectivity index (χ4n) is 4.11. The maximum atomic E-state index is 12.6. The van der Waals surface area contributed by atoms with Crippen LogP contribution in [0.5, 0.6) is 0 Å². The van der Waals surface area contributed by atoms with Gasteiger partial charge in [-0.1, -0.05) is 73.3 Å². The number of carbonyl (C=O) groups excluding carboxylic acids is 1. The highest BCUT2D eigenvalue weighted by Crippen LogP contribution is 2.30. The molecular formula is C27H26N4OS. The minimum absolute atomic E-state index is 0.0413. The Morgan fingerprint density at radius 3 is 2.55 bits per heavy atom. The smallest absolute Gasteiger partial charge is 0.234 e. The second-order valence-corrected chi connectivity index (χ2v) is 9.14. The minimum atomic E-state index is -0.0413. The van der Waals surface area contributed by atoms with Crippen molar-refractivity contribution in [1.82, 2.24) is 9.97 Å². The van der Waals surface area contributed by atoms with Crippen LogP contribution in [-0.4, -0.2) is 28.2 Å². The molecule has 5 rings (SSSR count). The van der Waals surface area contributed by atoms with E-state index in [0.717, 1.165) is 53.5 Å². The van der Waals surface area contributed by atoms with Crippen molar-refractivity contribution >= 4 is 40.2 Å². The highest BCUT2D eigenvalue weighted by atomic mass is 32.2. The van der Waals surface area contributed by atoms with Crippen molar-refractivity contribution in [2.24, 2.45) is 0 Å². The normalized spacial score (nSPS) is 13.1. The molecule has 0 atom stereocenters. The van der Waals surface area contributed by atoms with Gasteiger partial charge < -0.3 is 10.2 Å². The van der Waals surface area contributed by atoms with Crippen LogP contribution in [0.1, 0.15) is 23.6 Å². The van der Waals surface area contributed by atoms with Crippen molar-refractivity contribution < 1.29 is 4.79 Å². The van der Waals surface area contributed by atoms with Gasteiger partial charge in [-0.05, 0) is 47.7 Å². The van der Waals surface area contributed by atoms with Crippen molar-refractivity contribution in [1.29, 1.82) is 0 Å². The summed E-state index contributed by atoms with van der Waals surface area (Å²) >= 11 is 1.46. The lowest BCUT2D eigenvalue weighted by Gasteiger charge is -2.29. The standard InChI is InChI=1S/C27H26N4OS/c1-2-19-11-13-22(14-12-19)28-25(32)18-33-26-23-9-5-6-10-24(23)29-27(30-26)31-16-15-20-7-3-4-8-21(20)17-31/h3-14H,2,15-18H2,1H3,(H,28,32). The van der Waals surface area contributed by atoms with Crippen LogP contribution in [0.4, 0.5) is 11.6 Å². The molecule has 0 spiro atoms. The minimum Gasteiger partial charge on any atom is -0.336 e. The Kier molecular flexibility index (Phi) is 6.26. The highest BCUT2D eigenvalue weighted by Gasteiger charge is 2.20. The number of aryl methyl sites for hydroxylation is 1. The van der Waals surface area contributed by atoms with Gasteiger partial charge in [-0.2, -0.15) is 0 Å². The molecule has 33 heavy (non-hydrogen) atoms. The molecule has 166 valence electrons. The van der Waals surface area contributed by atoms with Crippen molar-refractivity contribution in [3.63, 3.8) is 0 Å². The second-order valence-electron chi connectivity index (χ2n) is 8.17. The lowest BCUT2D eigenvalue weighted by molar-refractivity contribution is -0.113. The van der Waals surface area contributed by atoms with E-state index < -0.39 is 0 Å². The Balaban J connectivity index is 1.34. The van der Waals surface area contributed by atoms with Gasteiger partial charge in [-0.3, -0.25) is 4.79 Å². The van der Waals surface area contributed by atoms with Crippen LogP contribution < -0.4 is 10.2 Å². The third kappa shape index (κ3) is 4.86. The first kappa shape index (κ1) is 21.5. The molecular weight excluding hydrogens is 428 g/mol. The van der Waals surface area contributed by atoms with E-state index in [1.54, 1.807) is 0 Å². The average molecular weight is 455 g/mol. The zero-order valence-electron chi connectivity index (χ0n) is 18.6. The van der Waals surface area contributed by atoms with Gasteiger partial charge in [0.1, 0.15) is 5.03 Å². The van der Waals surface area contributed by atoms with Gasteiger partial charge in [0.25, 0.3) is 0 Å². The van der Waals surface area contributed by atoms with Gasteiger partial charge in [0, 0.05) is 24.2 Å². The van der Waals surface area contributed by atoms with Crippen LogP contribution in [0.2, 0.25) is 0 Å². The molecule has 3 aromatic carbocycles. The molecule has 1 N–H and O–H groups in total. The van der Waals surface area contributed by atoms with Crippen LogP contribution >= 0.6 is 11.8 Å². The molecule has 1 amide bonds. The number of para-hydroxylation sites is 1. The Hall–Kier alpha value is -3.38. The quantitative estimate of drug-likeness (QED) is 0.309. The number of carbonyl (C=O) groups is 1. The zero-order chi connectivity index (χ0) is 22.6. The molecule has 6 heteroatoms. The van der Waals surface area contributed by atoms with Crippen LogP contribution in [-0.2, 0) is 24.2 Å². The van der Waals surface area contributed by atoms with Gasteiger partial charge >= 0.3 is 0 Å². The molecule has 0 radical (unpaired) electrons. The number of hydrogen-bond donors (Lipinski definition) is 1. The van der Waals surface area contributed by atoms with Crippen molar-refractivity contribution in [2.75, 3.05) is 22.5 Å². The van der Waals surface area contributed by atoms with Gasteiger partial charge in [0.05, 0.1) is 11.3 Å². The molecule has 0 saturated heterocycles. The Morgan fingerprint density at radius 2 is 1.73 bits per heavy atom. The van der Waals surface area contributed by atoms with Crippen LogP contribution in [0, 0.1) is 0 Å². The topological polar surface area (TPSA) is 58.1 Å². The number of hydrogen-bond acceptors (Lipinski definition) is 5. The first-order valence-electron chi connectivity index (χ1n) is 11.3. The summed E-state index contributed by atoms with van der Waals surface area (Å²) in [6.07, 6.45) is 1.96. The number of amides is 1. The van der Waals surface area contributed by atoms with E-state index in [1.807, 2.05) is 48.5 Å². The third-order valence-corrected chi connectivity index (χ3v) is 6.95. The molecule has 1 aromatic heterocycles. The van der Waals surface area contributed by atoms with E-state index in [0.29, 0.717) is 5.75 Å². The van der Waals surface area contributed by atoms with E-state index in [1.165, 1.54) is 28.5 Å². The number of aromatic nitrogens is 2. The van der Waals surface area contributed by atoms with Crippen molar-refractivity contribution in [2.45, 2.75) is 31.3 Å². The number of fused-ring (bicyclic) bond motifs is 2. The maximum Gasteiger partial charge on any atom is 0.234 e. The summed E-state index contributed by atoms with van der Waals surface area (Å²) in [6, 6.07) is 24.6. The number of nitrogens with zero attached hydrogens (tertiary/aromatic N) is 3. The van der Waals surface area contributed by atoms with Crippen LogP contribution in [0.15, 0.2) is 77.8 Å². The summed E-state index contributed by atoms with van der Waals surface area (Å²) < 4.78 is 0. The molecule has 4 aromatic rings. The van der Waals surface area contributed by atoms with E-state index in [2.05, 4.69) is 41.4 Å². The Morgan fingerprint density at radius 1 is 0.970 bits per heavy atom. The fraction of sp³-hybridized carbons (Fsp3) is 0.222. The summed E-state index contributed by atoms with van der Waals surface area (Å²) in [4.78, 5) is 24.6. The van der Waals surface area contributed by atoms with Gasteiger partial charge in [0.2, 0.25) is 11.9 Å². The summed E-state index contributed by atoms with van der Waals surface area (Å²) in [6.45, 7) is 3.80. The predicted molar refractivity (Wildman–Crippen MR) is 136 cm³/mol. The number of rotatable bonds is 6. The van der Waals surface area contributed by atoms with Crippen LogP contribution in [0.25, 0.3) is 10.9 Å². The summed E-state index contributed by atoms with van der Waals surface area (Å²) in [5, 5.41) is 4.80. The summed E-state index contributed by atoms with van der Waals surface area (Å²) in [5.41, 5.74) is 5.69. The molecule has 5 nitrogen and oxygen atoms in total. The zero-order valence-corrected chi connectivity index (χ0v) is 19.4. The van der Waals surface area contributed by atoms with E-state index in [9.17, 15) is 4.79 Å². The molecule has 2 heterocycles. The van der Waals surface area contributed by atoms with Gasteiger partial charge in [0.15, 0.2) is 0 Å². The second kappa shape index (κ2) is 9.63. The number of thioether (sulfide) groups is 1. The molecule has 1 aliphatic heterocycles. The van der Waals surface area contributed by atoms with E-state index >= 15 is 0 Å². The fourth-order valence-corrected chi connectivity index (χ4v) is 4.92. The number of anilines is 2. The molecule has 0 saturated carbocycles. The number of benzene rings is 3. The Bertz CT molecular complexity index is 1290. The molecule has 0 bridgehead atoms. The summed E-state index contributed by atoms with van der Waals surface area (Å²) in [5.74, 6) is 0.973. The monoisotopic (exact) mass is 454 g/mol. The third-order valence-electron chi connectivity index (χ3n) is 5.96. The average Bonchev–Trinajstić information content (AvgIpc) is 2.87. The number of nitrogens with one attached hydrogen (secondary N) is 1. The lowest BCUT2D eigenvalue weighted by Crippen LogP contribution is -2.31. The maximum absolute atomic E-state index is 12.6. The van der Waals surface area contributed by atoms with Gasteiger partial charge in [-0.15, -0.1) is 0 Å². The Labute approximate surface area is 198 Å². The molecule has 0 aliphatic carbocycles. The molecule has 0 unspecified atom stereocenters. The van der Waals surface area contributed by atoms with Crippen molar-refractivity contribution in [3.05, 3.63) is 89.5 Å². The lowest BCUT2D eigenvalue weighted by atomic mass is 10.0. The van der Waals surface area contributed by atoms with Gasteiger partial charge in [-0.25, -0.2) is 9.97 Å². The predicted octanol–water partition coefficient (Wildman–Crippen LogP) is 5.49. The molecule has 0 fully saturated rings. The molecule has 1 aliphatic rings. The first-order valence-corrected chi connectivity index (χ1v) is 12.3. The summed E-state index contributed by atoms with van der Waals surface area (Å²) in [7, 11) is 0. The first-order chi connectivity index (χ1) is 16.2. The highest BCUT2D eigenvalue weighted by molar-refractivity contribution is 8.00. The van der Waals surface area contributed by atoms with Crippen LogP contribution in [0.3, 0.4) is 0 Å². The van der Waals surface area contributed by atoms with Crippen molar-refractivity contribution in [3.8, 4) is 0 Å².